The highest BCUT2D eigenvalue weighted by atomic mass is 35.5. The number of rotatable bonds is 7. The van der Waals surface area contributed by atoms with Gasteiger partial charge in [-0.15, -0.1) is 0 Å². The number of benzene rings is 2. The fraction of sp³-hybridized carbons (Fsp3) is 0.105. The molecule has 0 bridgehead atoms. The number of anilines is 1. The average Bonchev–Trinajstić information content (AvgIpc) is 2.69. The highest BCUT2D eigenvalue weighted by Crippen LogP contribution is 2.30. The zero-order chi connectivity index (χ0) is 20.8. The summed E-state index contributed by atoms with van der Waals surface area (Å²) in [5, 5.41) is 3.67. The van der Waals surface area contributed by atoms with Gasteiger partial charge in [-0.05, 0) is 30.3 Å². The van der Waals surface area contributed by atoms with Crippen molar-refractivity contribution in [3.63, 3.8) is 0 Å². The number of carbonyl (C=O) groups is 1. The lowest BCUT2D eigenvalue weighted by Gasteiger charge is -2.09. The molecule has 0 aliphatic rings. The van der Waals surface area contributed by atoms with E-state index in [1.807, 2.05) is 0 Å². The fourth-order valence-electron chi connectivity index (χ4n) is 2.33. The molecule has 0 atom stereocenters. The minimum atomic E-state index is -2.91. The second kappa shape index (κ2) is 9.87. The van der Waals surface area contributed by atoms with Gasteiger partial charge in [-0.1, -0.05) is 53.2 Å². The summed E-state index contributed by atoms with van der Waals surface area (Å²) in [5.74, 6) is -0.271. The van der Waals surface area contributed by atoms with Crippen LogP contribution in [0.15, 0.2) is 59.9 Å². The maximum absolute atomic E-state index is 12.4. The van der Waals surface area contributed by atoms with E-state index in [0.29, 0.717) is 32.1 Å². The molecule has 1 amide bonds. The highest BCUT2D eigenvalue weighted by molar-refractivity contribution is 7.99. The lowest BCUT2D eigenvalue weighted by Crippen LogP contribution is -2.15. The van der Waals surface area contributed by atoms with Crippen molar-refractivity contribution in [1.82, 2.24) is 9.97 Å². The first kappa shape index (κ1) is 21.3. The van der Waals surface area contributed by atoms with Crippen molar-refractivity contribution in [2.45, 2.75) is 11.8 Å². The number of ether oxygens (including phenoxy) is 1. The first-order chi connectivity index (χ1) is 13.9. The summed E-state index contributed by atoms with van der Waals surface area (Å²) in [6.45, 7) is -2.91. The minimum absolute atomic E-state index is 0.0273. The number of thioether (sulfide) groups is 1. The summed E-state index contributed by atoms with van der Waals surface area (Å²) in [6, 6.07) is 12.7. The van der Waals surface area contributed by atoms with E-state index in [9.17, 15) is 13.6 Å². The number of para-hydroxylation sites is 1. The zero-order valence-electron chi connectivity index (χ0n) is 14.6. The van der Waals surface area contributed by atoms with E-state index < -0.39 is 6.61 Å². The van der Waals surface area contributed by atoms with E-state index >= 15 is 0 Å². The molecular weight excluding hydrogens is 443 g/mol. The Hall–Kier alpha value is -2.42. The van der Waals surface area contributed by atoms with Crippen LogP contribution in [0.2, 0.25) is 10.0 Å². The summed E-state index contributed by atoms with van der Waals surface area (Å²) in [6.07, 6.45) is 1.52. The Morgan fingerprint density at radius 1 is 1.14 bits per heavy atom. The van der Waals surface area contributed by atoms with Crippen molar-refractivity contribution in [3.8, 4) is 17.0 Å². The Kier molecular flexibility index (Phi) is 7.24. The van der Waals surface area contributed by atoms with Crippen LogP contribution in [0.25, 0.3) is 11.3 Å². The molecule has 0 spiro atoms. The average molecular weight is 456 g/mol. The lowest BCUT2D eigenvalue weighted by molar-refractivity contribution is -0.113. The molecule has 3 aromatic rings. The van der Waals surface area contributed by atoms with Crippen LogP contribution in [0.4, 0.5) is 14.5 Å². The van der Waals surface area contributed by atoms with Crippen LogP contribution in [0.5, 0.6) is 5.75 Å². The summed E-state index contributed by atoms with van der Waals surface area (Å²) in [5.41, 5.74) is 1.43. The lowest BCUT2D eigenvalue weighted by atomic mass is 10.1. The molecule has 0 fully saturated rings. The van der Waals surface area contributed by atoms with Gasteiger partial charge in [0, 0.05) is 11.8 Å². The van der Waals surface area contributed by atoms with Crippen molar-refractivity contribution in [2.24, 2.45) is 0 Å². The van der Waals surface area contributed by atoms with Crippen LogP contribution in [0, 0.1) is 0 Å². The zero-order valence-corrected chi connectivity index (χ0v) is 16.9. The van der Waals surface area contributed by atoms with Gasteiger partial charge in [0.25, 0.3) is 0 Å². The molecule has 1 N–H and O–H groups in total. The second-order valence-corrected chi connectivity index (χ2v) is 7.32. The van der Waals surface area contributed by atoms with Crippen LogP contribution in [-0.4, -0.2) is 28.2 Å². The quantitative estimate of drug-likeness (QED) is 0.361. The maximum atomic E-state index is 12.4. The van der Waals surface area contributed by atoms with Gasteiger partial charge in [0.05, 0.1) is 27.2 Å². The number of alkyl halides is 2. The molecule has 2 aromatic carbocycles. The van der Waals surface area contributed by atoms with Crippen molar-refractivity contribution in [1.29, 1.82) is 0 Å². The smallest absolute Gasteiger partial charge is 0.387 e. The van der Waals surface area contributed by atoms with Crippen molar-refractivity contribution >= 4 is 46.6 Å². The largest absolute Gasteiger partial charge is 0.435 e. The number of nitrogens with one attached hydrogen (secondary N) is 1. The standard InChI is InChI=1S/C19H13Cl2F2N3O2S/c20-13-5-2-6-14(21)17(13)26-16(27)10-29-19-24-8-7-15(25-19)11-3-1-4-12(9-11)28-18(22)23/h1-9,18H,10H2,(H,26,27). The number of aromatic nitrogens is 2. The summed E-state index contributed by atoms with van der Waals surface area (Å²) in [4.78, 5) is 20.7. The first-order valence-corrected chi connectivity index (χ1v) is 9.91. The molecule has 0 unspecified atom stereocenters. The minimum Gasteiger partial charge on any atom is -0.435 e. The molecule has 0 aliphatic heterocycles. The molecule has 0 radical (unpaired) electrons. The molecule has 0 aliphatic carbocycles. The van der Waals surface area contributed by atoms with Crippen LogP contribution in [0.1, 0.15) is 0 Å². The Morgan fingerprint density at radius 2 is 1.86 bits per heavy atom. The molecule has 1 heterocycles. The molecule has 3 rings (SSSR count). The highest BCUT2D eigenvalue weighted by Gasteiger charge is 2.12. The van der Waals surface area contributed by atoms with E-state index in [-0.39, 0.29) is 17.4 Å². The van der Waals surface area contributed by atoms with E-state index in [0.717, 1.165) is 11.8 Å². The van der Waals surface area contributed by atoms with Crippen LogP contribution in [-0.2, 0) is 4.79 Å². The van der Waals surface area contributed by atoms with Crippen LogP contribution >= 0.6 is 35.0 Å². The van der Waals surface area contributed by atoms with Crippen LogP contribution in [0.3, 0.4) is 0 Å². The van der Waals surface area contributed by atoms with Gasteiger partial charge < -0.3 is 10.1 Å². The fourth-order valence-corrected chi connectivity index (χ4v) is 3.45. The molecule has 29 heavy (non-hydrogen) atoms. The molecule has 0 saturated carbocycles. The Labute approximate surface area is 179 Å². The van der Waals surface area contributed by atoms with Crippen molar-refractivity contribution in [3.05, 3.63) is 64.8 Å². The van der Waals surface area contributed by atoms with Gasteiger partial charge in [0.15, 0.2) is 5.16 Å². The SMILES string of the molecule is O=C(CSc1nccc(-c2cccc(OC(F)F)c2)n1)Nc1c(Cl)cccc1Cl. The number of hydrogen-bond acceptors (Lipinski definition) is 5. The van der Waals surface area contributed by atoms with E-state index in [1.54, 1.807) is 36.4 Å². The molecule has 10 heteroatoms. The first-order valence-electron chi connectivity index (χ1n) is 8.17. The monoisotopic (exact) mass is 455 g/mol. The molecule has 150 valence electrons. The topological polar surface area (TPSA) is 64.1 Å². The Balaban J connectivity index is 1.67. The third-order valence-corrected chi connectivity index (χ3v) is 5.04. The molecule has 0 saturated heterocycles. The maximum Gasteiger partial charge on any atom is 0.387 e. The summed E-state index contributed by atoms with van der Waals surface area (Å²) >= 11 is 13.2. The normalized spacial score (nSPS) is 10.8. The number of halogens is 4. The van der Waals surface area contributed by atoms with Gasteiger partial charge in [-0.3, -0.25) is 4.79 Å². The molecule has 1 aromatic heterocycles. The Morgan fingerprint density at radius 3 is 2.59 bits per heavy atom. The predicted octanol–water partition coefficient (Wildman–Crippen LogP) is 5.78. The van der Waals surface area contributed by atoms with Crippen molar-refractivity contribution in [2.75, 3.05) is 11.1 Å². The third-order valence-electron chi connectivity index (χ3n) is 3.55. The van der Waals surface area contributed by atoms with Gasteiger partial charge in [0.2, 0.25) is 5.91 Å². The van der Waals surface area contributed by atoms with Crippen molar-refractivity contribution < 1.29 is 18.3 Å². The van der Waals surface area contributed by atoms with Gasteiger partial charge in [0.1, 0.15) is 5.75 Å². The number of carbonyl (C=O) groups excluding carboxylic acids is 1. The van der Waals surface area contributed by atoms with Gasteiger partial charge in [-0.2, -0.15) is 8.78 Å². The number of nitrogens with zero attached hydrogens (tertiary/aromatic N) is 2. The number of hydrogen-bond donors (Lipinski definition) is 1. The second-order valence-electron chi connectivity index (χ2n) is 5.56. The van der Waals surface area contributed by atoms with E-state index in [2.05, 4.69) is 20.0 Å². The van der Waals surface area contributed by atoms with E-state index in [1.165, 1.54) is 18.3 Å². The predicted molar refractivity (Wildman–Crippen MR) is 110 cm³/mol. The molecular formula is C19H13Cl2F2N3O2S. The summed E-state index contributed by atoms with van der Waals surface area (Å²) < 4.78 is 29.2. The Bertz CT molecular complexity index is 1000. The van der Waals surface area contributed by atoms with Crippen LogP contribution < -0.4 is 10.1 Å². The third kappa shape index (κ3) is 6.03. The van der Waals surface area contributed by atoms with E-state index in [4.69, 9.17) is 23.2 Å². The summed E-state index contributed by atoms with van der Waals surface area (Å²) in [7, 11) is 0. The number of amides is 1. The van der Waals surface area contributed by atoms with Gasteiger partial charge in [-0.25, -0.2) is 9.97 Å². The van der Waals surface area contributed by atoms with Gasteiger partial charge >= 0.3 is 6.61 Å². The molecule has 5 nitrogen and oxygen atoms in total.